The van der Waals surface area contributed by atoms with Crippen molar-refractivity contribution < 1.29 is 44.6 Å². The number of anilines is 1. The number of benzene rings is 2. The van der Waals surface area contributed by atoms with E-state index in [2.05, 4.69) is 10.3 Å². The van der Waals surface area contributed by atoms with Gasteiger partial charge in [0.25, 0.3) is 0 Å². The maximum Gasteiger partial charge on any atom is 0.419 e. The maximum atomic E-state index is 13.5. The fourth-order valence-corrected chi connectivity index (χ4v) is 2.74. The summed E-state index contributed by atoms with van der Waals surface area (Å²) in [6.45, 7) is 1.90. The second-order valence-electron chi connectivity index (χ2n) is 6.50. The third kappa shape index (κ3) is 5.62. The standard InChI is InChI=1S/C21H14F8N2O2/c1-2-30-18-17(32-11-3-5-15(22)13(9-11)20(24,25)26)7-8-31-19(18)33-12-4-6-16(23)14(10-12)21(27,28)29/h3-10,30H,2H2,1H3. The molecule has 0 saturated carbocycles. The highest BCUT2D eigenvalue weighted by atomic mass is 19.4. The number of alkyl halides is 6. The van der Waals surface area contributed by atoms with Crippen LogP contribution in [-0.2, 0) is 12.4 Å². The molecule has 1 heterocycles. The van der Waals surface area contributed by atoms with E-state index in [9.17, 15) is 35.1 Å². The molecule has 0 aliphatic rings. The van der Waals surface area contributed by atoms with Gasteiger partial charge in [-0.2, -0.15) is 26.3 Å². The summed E-state index contributed by atoms with van der Waals surface area (Å²) < 4.78 is 116. The Morgan fingerprint density at radius 3 is 1.79 bits per heavy atom. The molecule has 1 N–H and O–H groups in total. The Bertz CT molecular complexity index is 1060. The quantitative estimate of drug-likeness (QED) is 0.375. The van der Waals surface area contributed by atoms with Gasteiger partial charge in [0.2, 0.25) is 5.88 Å². The van der Waals surface area contributed by atoms with E-state index in [4.69, 9.17) is 9.47 Å². The molecular formula is C21H14F8N2O2. The van der Waals surface area contributed by atoms with Crippen molar-refractivity contribution in [2.75, 3.05) is 11.9 Å². The maximum absolute atomic E-state index is 13.5. The Hall–Kier alpha value is -3.57. The third-order valence-electron chi connectivity index (χ3n) is 4.16. The Labute approximate surface area is 181 Å². The van der Waals surface area contributed by atoms with E-state index in [1.807, 2.05) is 0 Å². The van der Waals surface area contributed by atoms with Crippen molar-refractivity contribution >= 4 is 5.69 Å². The van der Waals surface area contributed by atoms with Crippen LogP contribution in [0.2, 0.25) is 0 Å². The molecule has 2 aromatic carbocycles. The van der Waals surface area contributed by atoms with E-state index < -0.39 is 40.9 Å². The Balaban J connectivity index is 1.98. The summed E-state index contributed by atoms with van der Waals surface area (Å²) in [5.74, 6) is -4.12. The number of hydrogen-bond donors (Lipinski definition) is 1. The first kappa shape index (κ1) is 24.1. The van der Waals surface area contributed by atoms with Crippen molar-refractivity contribution in [1.29, 1.82) is 0 Å². The van der Waals surface area contributed by atoms with Crippen LogP contribution >= 0.6 is 0 Å². The summed E-state index contributed by atoms with van der Waals surface area (Å²) in [5.41, 5.74) is -3.10. The zero-order valence-electron chi connectivity index (χ0n) is 16.6. The minimum atomic E-state index is -4.97. The van der Waals surface area contributed by atoms with Gasteiger partial charge in [-0.1, -0.05) is 0 Å². The van der Waals surface area contributed by atoms with Gasteiger partial charge in [0.05, 0.1) is 11.1 Å². The zero-order valence-corrected chi connectivity index (χ0v) is 16.6. The van der Waals surface area contributed by atoms with Crippen molar-refractivity contribution in [3.05, 3.63) is 71.4 Å². The largest absolute Gasteiger partial charge is 0.455 e. The van der Waals surface area contributed by atoms with Crippen LogP contribution in [0.25, 0.3) is 0 Å². The number of hydrogen-bond acceptors (Lipinski definition) is 4. The van der Waals surface area contributed by atoms with Crippen LogP contribution < -0.4 is 14.8 Å². The predicted octanol–water partition coefficient (Wildman–Crippen LogP) is 7.41. The van der Waals surface area contributed by atoms with E-state index in [1.165, 1.54) is 6.07 Å². The molecule has 0 fully saturated rings. The van der Waals surface area contributed by atoms with Gasteiger partial charge in [-0.25, -0.2) is 13.8 Å². The first-order valence-electron chi connectivity index (χ1n) is 9.22. The van der Waals surface area contributed by atoms with E-state index in [1.54, 1.807) is 6.92 Å². The third-order valence-corrected chi connectivity index (χ3v) is 4.16. The average molecular weight is 478 g/mol. The Kier molecular flexibility index (Phi) is 6.65. The van der Waals surface area contributed by atoms with E-state index in [0.29, 0.717) is 24.3 Å². The predicted molar refractivity (Wildman–Crippen MR) is 101 cm³/mol. The fourth-order valence-electron chi connectivity index (χ4n) is 2.74. The van der Waals surface area contributed by atoms with Gasteiger partial charge in [0.1, 0.15) is 28.8 Å². The summed E-state index contributed by atoms with van der Waals surface area (Å²) in [6.07, 6.45) is -8.79. The first-order valence-corrected chi connectivity index (χ1v) is 9.22. The van der Waals surface area contributed by atoms with Gasteiger partial charge in [0, 0.05) is 18.8 Å². The highest BCUT2D eigenvalue weighted by molar-refractivity contribution is 5.64. The molecule has 0 amide bonds. The van der Waals surface area contributed by atoms with Crippen LogP contribution in [0, 0.1) is 11.6 Å². The molecule has 0 aliphatic carbocycles. The second kappa shape index (κ2) is 9.12. The average Bonchev–Trinajstić information content (AvgIpc) is 2.71. The fraction of sp³-hybridized carbons (Fsp3) is 0.190. The number of ether oxygens (including phenoxy) is 2. The molecule has 0 unspecified atom stereocenters. The van der Waals surface area contributed by atoms with Crippen LogP contribution in [0.15, 0.2) is 48.7 Å². The minimum absolute atomic E-state index is 0.00392. The lowest BCUT2D eigenvalue weighted by atomic mass is 10.2. The number of halogens is 8. The van der Waals surface area contributed by atoms with Gasteiger partial charge in [0.15, 0.2) is 5.75 Å². The molecule has 0 bridgehead atoms. The van der Waals surface area contributed by atoms with Crippen molar-refractivity contribution in [3.8, 4) is 23.1 Å². The SMILES string of the molecule is CCNc1c(Oc2ccc(F)c(C(F)(F)F)c2)ccnc1Oc1ccc(F)c(C(F)(F)F)c1. The molecule has 12 heteroatoms. The van der Waals surface area contributed by atoms with E-state index >= 15 is 0 Å². The molecule has 3 rings (SSSR count). The van der Waals surface area contributed by atoms with E-state index in [-0.39, 0.29) is 29.6 Å². The molecule has 3 aromatic rings. The number of aromatic nitrogens is 1. The summed E-state index contributed by atoms with van der Waals surface area (Å²) in [6, 6.07) is 5.23. The van der Waals surface area contributed by atoms with Crippen molar-refractivity contribution in [3.63, 3.8) is 0 Å². The minimum Gasteiger partial charge on any atom is -0.455 e. The van der Waals surface area contributed by atoms with Gasteiger partial charge in [-0.3, -0.25) is 0 Å². The molecule has 1 aromatic heterocycles. The lowest BCUT2D eigenvalue weighted by Gasteiger charge is -2.17. The van der Waals surface area contributed by atoms with Crippen molar-refractivity contribution in [2.45, 2.75) is 19.3 Å². The molecule has 0 aliphatic heterocycles. The topological polar surface area (TPSA) is 43.4 Å². The van der Waals surface area contributed by atoms with Crippen LogP contribution in [0.4, 0.5) is 40.8 Å². The zero-order chi connectivity index (χ0) is 24.4. The number of nitrogens with zero attached hydrogens (tertiary/aromatic N) is 1. The normalized spacial score (nSPS) is 11.9. The summed E-state index contributed by atoms with van der Waals surface area (Å²) in [7, 11) is 0. The van der Waals surface area contributed by atoms with E-state index in [0.717, 1.165) is 18.3 Å². The lowest BCUT2D eigenvalue weighted by Crippen LogP contribution is -2.09. The van der Waals surface area contributed by atoms with Crippen molar-refractivity contribution in [2.24, 2.45) is 0 Å². The van der Waals surface area contributed by atoms with Crippen molar-refractivity contribution in [1.82, 2.24) is 4.98 Å². The molecule has 33 heavy (non-hydrogen) atoms. The highest BCUT2D eigenvalue weighted by Crippen LogP contribution is 2.41. The molecule has 176 valence electrons. The van der Waals surface area contributed by atoms with Gasteiger partial charge < -0.3 is 14.8 Å². The van der Waals surface area contributed by atoms with Gasteiger partial charge in [-0.15, -0.1) is 0 Å². The lowest BCUT2D eigenvalue weighted by molar-refractivity contribution is -0.140. The monoisotopic (exact) mass is 478 g/mol. The number of rotatable bonds is 6. The number of nitrogens with one attached hydrogen (secondary N) is 1. The first-order chi connectivity index (χ1) is 15.4. The molecule has 0 atom stereocenters. The Morgan fingerprint density at radius 2 is 1.30 bits per heavy atom. The van der Waals surface area contributed by atoms with Crippen LogP contribution in [0.5, 0.6) is 23.1 Å². The highest BCUT2D eigenvalue weighted by Gasteiger charge is 2.35. The molecule has 0 spiro atoms. The summed E-state index contributed by atoms with van der Waals surface area (Å²) >= 11 is 0. The van der Waals surface area contributed by atoms with Crippen LogP contribution in [-0.4, -0.2) is 11.5 Å². The second-order valence-corrected chi connectivity index (χ2v) is 6.50. The Morgan fingerprint density at radius 1 is 0.788 bits per heavy atom. The summed E-state index contributed by atoms with van der Waals surface area (Å²) in [5, 5.41) is 2.79. The molecule has 0 saturated heterocycles. The smallest absolute Gasteiger partial charge is 0.419 e. The molecule has 4 nitrogen and oxygen atoms in total. The number of pyridine rings is 1. The van der Waals surface area contributed by atoms with Crippen LogP contribution in [0.1, 0.15) is 18.1 Å². The summed E-state index contributed by atoms with van der Waals surface area (Å²) in [4.78, 5) is 3.90. The molecule has 0 radical (unpaired) electrons. The van der Waals surface area contributed by atoms with Gasteiger partial charge >= 0.3 is 12.4 Å². The van der Waals surface area contributed by atoms with Gasteiger partial charge in [-0.05, 0) is 43.3 Å². The van der Waals surface area contributed by atoms with Crippen LogP contribution in [0.3, 0.4) is 0 Å². The molecular weight excluding hydrogens is 464 g/mol.